The lowest BCUT2D eigenvalue weighted by Gasteiger charge is -2.41. The van der Waals surface area contributed by atoms with Crippen molar-refractivity contribution in [2.45, 2.75) is 71.4 Å². The van der Waals surface area contributed by atoms with Gasteiger partial charge >= 0.3 is 0 Å². The van der Waals surface area contributed by atoms with Gasteiger partial charge in [0, 0.05) is 51.0 Å². The second kappa shape index (κ2) is 11.3. The van der Waals surface area contributed by atoms with Gasteiger partial charge in [-0.15, -0.1) is 0 Å². The highest BCUT2D eigenvalue weighted by atomic mass is 19.1. The Bertz CT molecular complexity index is 1000. The number of halogens is 1. The number of benzene rings is 2. The average Bonchev–Trinajstić information content (AvgIpc) is 3.36. The molecule has 1 saturated carbocycles. The minimum atomic E-state index is -0.283. The van der Waals surface area contributed by atoms with Crippen LogP contribution in [-0.4, -0.2) is 47.2 Å². The van der Waals surface area contributed by atoms with Crippen LogP contribution in [0.5, 0.6) is 0 Å². The van der Waals surface area contributed by atoms with E-state index < -0.39 is 0 Å². The second-order valence-electron chi connectivity index (χ2n) is 10.1. The van der Waals surface area contributed by atoms with E-state index in [0.717, 1.165) is 54.7 Å². The fraction of sp³-hybridized carbons (Fsp3) is 0.517. The Balaban J connectivity index is 1.35. The molecule has 34 heavy (non-hydrogen) atoms. The minimum Gasteiger partial charge on any atom is -0.337 e. The Labute approximate surface area is 203 Å². The summed E-state index contributed by atoms with van der Waals surface area (Å²) in [4.78, 5) is 29.9. The van der Waals surface area contributed by atoms with E-state index in [2.05, 4.69) is 16.7 Å². The van der Waals surface area contributed by atoms with E-state index in [0.29, 0.717) is 25.3 Å². The molecule has 1 atom stereocenters. The molecule has 2 aromatic carbocycles. The van der Waals surface area contributed by atoms with Crippen molar-refractivity contribution in [2.75, 3.05) is 19.6 Å². The van der Waals surface area contributed by atoms with Gasteiger partial charge in [-0.3, -0.25) is 14.5 Å². The SMILES string of the molecule is Cc1c(CC(=O)CCc2ccccc2)cc(F)cc1CN1CCN(C(=O)C2CCCC2)[C@@H](C)C1. The lowest BCUT2D eigenvalue weighted by Crippen LogP contribution is -2.54. The molecule has 5 heteroatoms. The van der Waals surface area contributed by atoms with Gasteiger partial charge in [0.25, 0.3) is 0 Å². The normalized spacial score (nSPS) is 19.5. The highest BCUT2D eigenvalue weighted by Crippen LogP contribution is 2.28. The fourth-order valence-corrected chi connectivity index (χ4v) is 5.53. The van der Waals surface area contributed by atoms with Crippen LogP contribution < -0.4 is 0 Å². The molecular formula is C29H37FN2O2. The average molecular weight is 465 g/mol. The van der Waals surface area contributed by atoms with Gasteiger partial charge in [-0.25, -0.2) is 4.39 Å². The first-order valence-electron chi connectivity index (χ1n) is 12.8. The molecule has 0 bridgehead atoms. The van der Waals surface area contributed by atoms with Crippen molar-refractivity contribution in [3.8, 4) is 0 Å². The number of rotatable bonds is 8. The molecule has 182 valence electrons. The number of carbonyl (C=O) groups excluding carboxylic acids is 2. The van der Waals surface area contributed by atoms with Crippen molar-refractivity contribution in [1.29, 1.82) is 0 Å². The van der Waals surface area contributed by atoms with E-state index in [1.54, 1.807) is 6.07 Å². The summed E-state index contributed by atoms with van der Waals surface area (Å²) >= 11 is 0. The van der Waals surface area contributed by atoms with E-state index in [-0.39, 0.29) is 30.0 Å². The summed E-state index contributed by atoms with van der Waals surface area (Å²) in [6, 6.07) is 13.3. The van der Waals surface area contributed by atoms with Gasteiger partial charge in [-0.1, -0.05) is 43.2 Å². The van der Waals surface area contributed by atoms with Crippen LogP contribution in [0.25, 0.3) is 0 Å². The van der Waals surface area contributed by atoms with Gasteiger partial charge in [0.05, 0.1) is 0 Å². The molecule has 0 spiro atoms. The van der Waals surface area contributed by atoms with E-state index >= 15 is 0 Å². The molecular weight excluding hydrogens is 427 g/mol. The van der Waals surface area contributed by atoms with Crippen LogP contribution in [0.1, 0.15) is 61.3 Å². The number of aryl methyl sites for hydroxylation is 1. The maximum Gasteiger partial charge on any atom is 0.226 e. The highest BCUT2D eigenvalue weighted by molar-refractivity contribution is 5.81. The Hall–Kier alpha value is -2.53. The Morgan fingerprint density at radius 2 is 1.74 bits per heavy atom. The van der Waals surface area contributed by atoms with Gasteiger partial charge in [-0.05, 0) is 67.5 Å². The van der Waals surface area contributed by atoms with Crippen LogP contribution >= 0.6 is 0 Å². The summed E-state index contributed by atoms with van der Waals surface area (Å²) in [6.45, 7) is 7.08. The standard InChI is InChI=1S/C29H37FN2O2/c1-21-19-31(14-15-32(21)29(34)24-10-6-7-11-24)20-26-17-27(30)16-25(22(26)2)18-28(33)13-12-23-8-4-3-5-9-23/h3-5,8-9,16-17,21,24H,6-7,10-15,18-20H2,1-2H3/t21-/m0/s1. The van der Waals surface area contributed by atoms with Crippen LogP contribution in [0, 0.1) is 18.7 Å². The molecule has 2 aliphatic rings. The Morgan fingerprint density at radius 1 is 1.03 bits per heavy atom. The Morgan fingerprint density at radius 3 is 2.44 bits per heavy atom. The second-order valence-corrected chi connectivity index (χ2v) is 10.1. The summed E-state index contributed by atoms with van der Waals surface area (Å²) in [6.07, 6.45) is 5.83. The lowest BCUT2D eigenvalue weighted by atomic mass is 9.95. The maximum atomic E-state index is 14.5. The predicted molar refractivity (Wildman–Crippen MR) is 133 cm³/mol. The quantitative estimate of drug-likeness (QED) is 0.546. The van der Waals surface area contributed by atoms with Crippen LogP contribution in [0.15, 0.2) is 42.5 Å². The predicted octanol–water partition coefficient (Wildman–Crippen LogP) is 5.10. The zero-order chi connectivity index (χ0) is 24.1. The van der Waals surface area contributed by atoms with Crippen molar-refractivity contribution < 1.29 is 14.0 Å². The van der Waals surface area contributed by atoms with Crippen molar-refractivity contribution in [3.63, 3.8) is 0 Å². The number of hydrogen-bond donors (Lipinski definition) is 0. The first kappa shape index (κ1) is 24.6. The van der Waals surface area contributed by atoms with Gasteiger partial charge in [0.1, 0.15) is 11.6 Å². The molecule has 2 fully saturated rings. The molecule has 4 nitrogen and oxygen atoms in total. The first-order chi connectivity index (χ1) is 16.4. The molecule has 1 saturated heterocycles. The van der Waals surface area contributed by atoms with Crippen molar-refractivity contribution in [3.05, 3.63) is 70.5 Å². The summed E-state index contributed by atoms with van der Waals surface area (Å²) in [5, 5.41) is 0. The third-order valence-electron chi connectivity index (χ3n) is 7.60. The smallest absolute Gasteiger partial charge is 0.226 e. The van der Waals surface area contributed by atoms with Crippen LogP contribution in [0.3, 0.4) is 0 Å². The third-order valence-corrected chi connectivity index (χ3v) is 7.60. The van der Waals surface area contributed by atoms with E-state index in [1.807, 2.05) is 37.3 Å². The van der Waals surface area contributed by atoms with Gasteiger partial charge in [-0.2, -0.15) is 0 Å². The van der Waals surface area contributed by atoms with Crippen LogP contribution in [-0.2, 0) is 29.0 Å². The number of hydrogen-bond acceptors (Lipinski definition) is 3. The van der Waals surface area contributed by atoms with E-state index in [9.17, 15) is 14.0 Å². The zero-order valence-corrected chi connectivity index (χ0v) is 20.6. The highest BCUT2D eigenvalue weighted by Gasteiger charge is 2.33. The largest absolute Gasteiger partial charge is 0.337 e. The van der Waals surface area contributed by atoms with Crippen LogP contribution in [0.2, 0.25) is 0 Å². The third kappa shape index (κ3) is 6.12. The lowest BCUT2D eigenvalue weighted by molar-refractivity contribution is -0.140. The van der Waals surface area contributed by atoms with Crippen molar-refractivity contribution >= 4 is 11.7 Å². The van der Waals surface area contributed by atoms with Crippen LogP contribution in [0.4, 0.5) is 4.39 Å². The molecule has 0 N–H and O–H groups in total. The number of Topliss-reactive ketones (excluding diaryl/α,β-unsaturated/α-hetero) is 1. The molecule has 0 radical (unpaired) electrons. The number of carbonyl (C=O) groups is 2. The monoisotopic (exact) mass is 464 g/mol. The molecule has 4 rings (SSSR count). The summed E-state index contributed by atoms with van der Waals surface area (Å²) < 4.78 is 14.5. The number of nitrogens with zero attached hydrogens (tertiary/aromatic N) is 2. The van der Waals surface area contributed by atoms with E-state index in [4.69, 9.17) is 0 Å². The topological polar surface area (TPSA) is 40.6 Å². The molecule has 1 heterocycles. The molecule has 0 aromatic heterocycles. The molecule has 2 aromatic rings. The molecule has 0 unspecified atom stereocenters. The summed E-state index contributed by atoms with van der Waals surface area (Å²) in [5.74, 6) is 0.384. The molecule has 1 aliphatic heterocycles. The number of ketones is 1. The summed E-state index contributed by atoms with van der Waals surface area (Å²) in [5.41, 5.74) is 3.88. The maximum absolute atomic E-state index is 14.5. The van der Waals surface area contributed by atoms with Gasteiger partial charge in [0.2, 0.25) is 5.91 Å². The molecule has 1 amide bonds. The van der Waals surface area contributed by atoms with Crippen molar-refractivity contribution in [2.24, 2.45) is 5.92 Å². The number of amides is 1. The van der Waals surface area contributed by atoms with Gasteiger partial charge in [0.15, 0.2) is 0 Å². The minimum absolute atomic E-state index is 0.135. The number of piperazine rings is 1. The first-order valence-corrected chi connectivity index (χ1v) is 12.8. The van der Waals surface area contributed by atoms with E-state index in [1.165, 1.54) is 18.9 Å². The van der Waals surface area contributed by atoms with Crippen molar-refractivity contribution in [1.82, 2.24) is 9.80 Å². The Kier molecular flexibility index (Phi) is 8.15. The fourth-order valence-electron chi connectivity index (χ4n) is 5.53. The summed E-state index contributed by atoms with van der Waals surface area (Å²) in [7, 11) is 0. The zero-order valence-electron chi connectivity index (χ0n) is 20.6. The van der Waals surface area contributed by atoms with Gasteiger partial charge < -0.3 is 4.90 Å². The molecule has 1 aliphatic carbocycles.